The van der Waals surface area contributed by atoms with Gasteiger partial charge in [0.1, 0.15) is 5.75 Å². The molecule has 26 heavy (non-hydrogen) atoms. The van der Waals surface area contributed by atoms with Gasteiger partial charge in [-0.3, -0.25) is 4.79 Å². The third-order valence-electron chi connectivity index (χ3n) is 5.24. The maximum Gasteiger partial charge on any atom is 0.254 e. The van der Waals surface area contributed by atoms with Crippen molar-refractivity contribution in [2.45, 2.75) is 19.3 Å². The summed E-state index contributed by atoms with van der Waals surface area (Å²) >= 11 is 1.57. The number of benzene rings is 1. The van der Waals surface area contributed by atoms with Gasteiger partial charge in [-0.25, -0.2) is 0 Å². The van der Waals surface area contributed by atoms with E-state index in [1.165, 1.54) is 5.56 Å². The highest BCUT2D eigenvalue weighted by molar-refractivity contribution is 7.08. The molecule has 1 aliphatic rings. The first kappa shape index (κ1) is 18.9. The average molecular weight is 373 g/mol. The molecule has 0 N–H and O–H groups in total. The summed E-state index contributed by atoms with van der Waals surface area (Å²) in [5.41, 5.74) is 2.09. The van der Waals surface area contributed by atoms with Crippen molar-refractivity contribution in [2.75, 3.05) is 40.3 Å². The first-order valence-electron chi connectivity index (χ1n) is 9.29. The first-order valence-corrected chi connectivity index (χ1v) is 10.2. The molecule has 0 radical (unpaired) electrons. The van der Waals surface area contributed by atoms with E-state index in [4.69, 9.17) is 4.74 Å². The van der Waals surface area contributed by atoms with Gasteiger partial charge in [-0.05, 0) is 61.3 Å². The van der Waals surface area contributed by atoms with Gasteiger partial charge in [-0.15, -0.1) is 0 Å². The lowest BCUT2D eigenvalue weighted by molar-refractivity contribution is 0.0741. The third-order valence-corrected chi connectivity index (χ3v) is 5.93. The fourth-order valence-corrected chi connectivity index (χ4v) is 4.29. The Balaban J connectivity index is 1.42. The Morgan fingerprint density at radius 3 is 2.73 bits per heavy atom. The summed E-state index contributed by atoms with van der Waals surface area (Å²) in [6, 6.07) is 10.2. The molecule has 140 valence electrons. The molecule has 1 aliphatic heterocycles. The first-order chi connectivity index (χ1) is 12.7. The molecule has 1 aromatic carbocycles. The Bertz CT molecular complexity index is 694. The number of carbonyl (C=O) groups is 1. The van der Waals surface area contributed by atoms with Crippen molar-refractivity contribution in [1.82, 2.24) is 9.80 Å². The third kappa shape index (κ3) is 4.86. The van der Waals surface area contributed by atoms with Crippen LogP contribution in [0.1, 0.15) is 28.8 Å². The summed E-state index contributed by atoms with van der Waals surface area (Å²) in [5, 5.41) is 3.89. The maximum atomic E-state index is 12.4. The fourth-order valence-electron chi connectivity index (χ4n) is 3.66. The van der Waals surface area contributed by atoms with E-state index in [2.05, 4.69) is 17.0 Å². The lowest BCUT2D eigenvalue weighted by atomic mass is 9.95. The summed E-state index contributed by atoms with van der Waals surface area (Å²) in [6.07, 6.45) is 3.34. The zero-order chi connectivity index (χ0) is 18.4. The SMILES string of the molecule is COc1ccccc1CCN1CCC(CN(C)C(=O)c2ccsc2)CC1. The highest BCUT2D eigenvalue weighted by Gasteiger charge is 2.22. The normalized spacial score (nSPS) is 15.8. The molecule has 0 bridgehead atoms. The van der Waals surface area contributed by atoms with Gasteiger partial charge in [0.2, 0.25) is 0 Å². The van der Waals surface area contributed by atoms with Gasteiger partial charge < -0.3 is 14.5 Å². The minimum Gasteiger partial charge on any atom is -0.496 e. The molecule has 1 fully saturated rings. The Kier molecular flexibility index (Phi) is 6.69. The molecule has 1 aromatic heterocycles. The van der Waals surface area contributed by atoms with E-state index < -0.39 is 0 Å². The van der Waals surface area contributed by atoms with Crippen LogP contribution in [0.25, 0.3) is 0 Å². The lowest BCUT2D eigenvalue weighted by Crippen LogP contribution is -2.40. The van der Waals surface area contributed by atoms with Gasteiger partial charge >= 0.3 is 0 Å². The number of hydrogen-bond acceptors (Lipinski definition) is 4. The monoisotopic (exact) mass is 372 g/mol. The van der Waals surface area contributed by atoms with Crippen LogP contribution < -0.4 is 4.74 Å². The van der Waals surface area contributed by atoms with Crippen molar-refractivity contribution in [3.8, 4) is 5.75 Å². The van der Waals surface area contributed by atoms with Crippen LogP contribution in [0.15, 0.2) is 41.1 Å². The largest absolute Gasteiger partial charge is 0.496 e. The zero-order valence-electron chi connectivity index (χ0n) is 15.7. The van der Waals surface area contributed by atoms with Crippen molar-refractivity contribution in [3.63, 3.8) is 0 Å². The summed E-state index contributed by atoms with van der Waals surface area (Å²) in [6.45, 7) is 4.15. The van der Waals surface area contributed by atoms with Crippen molar-refractivity contribution >= 4 is 17.2 Å². The topological polar surface area (TPSA) is 32.8 Å². The van der Waals surface area contributed by atoms with Crippen LogP contribution in [-0.4, -0.2) is 56.0 Å². The van der Waals surface area contributed by atoms with E-state index >= 15 is 0 Å². The number of thiophene rings is 1. The van der Waals surface area contributed by atoms with Crippen LogP contribution >= 0.6 is 11.3 Å². The minimum atomic E-state index is 0.143. The van der Waals surface area contributed by atoms with Gasteiger partial charge in [0.25, 0.3) is 5.91 Å². The van der Waals surface area contributed by atoms with E-state index in [1.807, 2.05) is 40.9 Å². The van der Waals surface area contributed by atoms with E-state index in [-0.39, 0.29) is 5.91 Å². The van der Waals surface area contributed by atoms with Crippen molar-refractivity contribution in [1.29, 1.82) is 0 Å². The number of hydrogen-bond donors (Lipinski definition) is 0. The Morgan fingerprint density at radius 2 is 2.04 bits per heavy atom. The van der Waals surface area contributed by atoms with Gasteiger partial charge in [-0.2, -0.15) is 11.3 Å². The van der Waals surface area contributed by atoms with Crippen molar-refractivity contribution in [2.24, 2.45) is 5.92 Å². The fraction of sp³-hybridized carbons (Fsp3) is 0.476. The summed E-state index contributed by atoms with van der Waals surface area (Å²) < 4.78 is 5.44. The zero-order valence-corrected chi connectivity index (χ0v) is 16.5. The molecule has 0 spiro atoms. The molecule has 5 heteroatoms. The number of para-hydroxylation sites is 1. The van der Waals surface area contributed by atoms with E-state index in [0.717, 1.165) is 56.8 Å². The molecule has 1 saturated heterocycles. The summed E-state index contributed by atoms with van der Waals surface area (Å²) in [5.74, 6) is 1.73. The molecule has 4 nitrogen and oxygen atoms in total. The van der Waals surface area contributed by atoms with Crippen molar-refractivity contribution in [3.05, 3.63) is 52.2 Å². The number of methoxy groups -OCH3 is 1. The highest BCUT2D eigenvalue weighted by atomic mass is 32.1. The number of nitrogens with zero attached hydrogens (tertiary/aromatic N) is 2. The molecule has 0 aliphatic carbocycles. The van der Waals surface area contributed by atoms with E-state index in [0.29, 0.717) is 5.92 Å². The second-order valence-electron chi connectivity index (χ2n) is 7.04. The van der Waals surface area contributed by atoms with Crippen molar-refractivity contribution < 1.29 is 9.53 Å². The maximum absolute atomic E-state index is 12.4. The highest BCUT2D eigenvalue weighted by Crippen LogP contribution is 2.22. The Hall–Kier alpha value is -1.85. The molecular weight excluding hydrogens is 344 g/mol. The van der Waals surface area contributed by atoms with Crippen LogP contribution in [0.2, 0.25) is 0 Å². The van der Waals surface area contributed by atoms with E-state index in [9.17, 15) is 4.79 Å². The van der Waals surface area contributed by atoms with Crippen LogP contribution in [0, 0.1) is 5.92 Å². The van der Waals surface area contributed by atoms with Crippen LogP contribution in [-0.2, 0) is 6.42 Å². The predicted molar refractivity (Wildman–Crippen MR) is 107 cm³/mol. The summed E-state index contributed by atoms with van der Waals surface area (Å²) in [4.78, 5) is 16.8. The Labute approximate surface area is 160 Å². The summed E-state index contributed by atoms with van der Waals surface area (Å²) in [7, 11) is 3.66. The number of amides is 1. The number of rotatable bonds is 7. The lowest BCUT2D eigenvalue weighted by Gasteiger charge is -2.34. The van der Waals surface area contributed by atoms with Crippen LogP contribution in [0.4, 0.5) is 0 Å². The second-order valence-corrected chi connectivity index (χ2v) is 7.82. The smallest absolute Gasteiger partial charge is 0.254 e. The number of ether oxygens (including phenoxy) is 1. The standard InChI is InChI=1S/C21H28N2O2S/c1-22(21(24)19-10-14-26-16-19)15-17-7-11-23(12-8-17)13-9-18-5-3-4-6-20(18)25-2/h3-6,10,14,16-17H,7-9,11-13,15H2,1-2H3. The van der Waals surface area contributed by atoms with E-state index in [1.54, 1.807) is 18.4 Å². The molecular formula is C21H28N2O2S. The van der Waals surface area contributed by atoms with Crippen LogP contribution in [0.5, 0.6) is 5.75 Å². The quantitative estimate of drug-likeness (QED) is 0.741. The Morgan fingerprint density at radius 1 is 1.27 bits per heavy atom. The minimum absolute atomic E-state index is 0.143. The van der Waals surface area contributed by atoms with Gasteiger partial charge in [0.15, 0.2) is 0 Å². The molecule has 0 unspecified atom stereocenters. The molecule has 2 aromatic rings. The molecule has 0 saturated carbocycles. The predicted octanol–water partition coefficient (Wildman–Crippen LogP) is 3.78. The molecule has 2 heterocycles. The number of piperidine rings is 1. The number of likely N-dealkylation sites (tertiary alicyclic amines) is 1. The molecule has 0 atom stereocenters. The molecule has 1 amide bonds. The molecule has 3 rings (SSSR count). The number of carbonyl (C=O) groups excluding carboxylic acids is 1. The van der Waals surface area contributed by atoms with Gasteiger partial charge in [-0.1, -0.05) is 18.2 Å². The van der Waals surface area contributed by atoms with Crippen LogP contribution in [0.3, 0.4) is 0 Å². The van der Waals surface area contributed by atoms with Gasteiger partial charge in [0.05, 0.1) is 12.7 Å². The van der Waals surface area contributed by atoms with Gasteiger partial charge in [0, 0.05) is 25.5 Å². The second kappa shape index (κ2) is 9.19. The average Bonchev–Trinajstić information content (AvgIpc) is 3.21.